The van der Waals surface area contributed by atoms with Gasteiger partial charge in [0.1, 0.15) is 17.1 Å². The van der Waals surface area contributed by atoms with Crippen LogP contribution in [-0.2, 0) is 6.54 Å². The molecule has 1 aromatic carbocycles. The zero-order chi connectivity index (χ0) is 16.1. The van der Waals surface area contributed by atoms with E-state index in [0.29, 0.717) is 23.6 Å². The smallest absolute Gasteiger partial charge is 0.258 e. The normalized spacial score (nSPS) is 10.4. The number of ether oxygens (including phenoxy) is 2. The first-order chi connectivity index (χ1) is 10.6. The highest BCUT2D eigenvalue weighted by Gasteiger charge is 2.17. The standard InChI is InChI=1S/C17H22N2O3/c1-12-8-9-13(2)19(12)11-10-18-17(20)16-14(21-3)6-5-7-15(16)22-4/h5-9H,10-11H2,1-4H3,(H,18,20). The molecule has 2 aromatic rings. The first-order valence-electron chi connectivity index (χ1n) is 7.20. The molecule has 0 spiro atoms. The fraction of sp³-hybridized carbons (Fsp3) is 0.353. The Morgan fingerprint density at radius 2 is 1.59 bits per heavy atom. The zero-order valence-electron chi connectivity index (χ0n) is 13.5. The van der Waals surface area contributed by atoms with Crippen LogP contribution >= 0.6 is 0 Å². The van der Waals surface area contributed by atoms with Gasteiger partial charge in [-0.05, 0) is 38.1 Å². The zero-order valence-corrected chi connectivity index (χ0v) is 13.5. The first kappa shape index (κ1) is 15.9. The summed E-state index contributed by atoms with van der Waals surface area (Å²) in [6, 6.07) is 9.43. The summed E-state index contributed by atoms with van der Waals surface area (Å²) in [5.41, 5.74) is 2.79. The summed E-state index contributed by atoms with van der Waals surface area (Å²) >= 11 is 0. The molecule has 5 nitrogen and oxygen atoms in total. The summed E-state index contributed by atoms with van der Waals surface area (Å²) in [5, 5.41) is 2.92. The Hall–Kier alpha value is -2.43. The maximum Gasteiger partial charge on any atom is 0.258 e. The van der Waals surface area contributed by atoms with E-state index in [-0.39, 0.29) is 5.91 Å². The van der Waals surface area contributed by atoms with Crippen molar-refractivity contribution >= 4 is 5.91 Å². The molecule has 0 saturated heterocycles. The van der Waals surface area contributed by atoms with Gasteiger partial charge in [-0.3, -0.25) is 4.79 Å². The minimum atomic E-state index is -0.197. The average Bonchev–Trinajstić information content (AvgIpc) is 2.85. The largest absolute Gasteiger partial charge is 0.496 e. The van der Waals surface area contributed by atoms with Crippen molar-refractivity contribution in [2.24, 2.45) is 0 Å². The van der Waals surface area contributed by atoms with Crippen LogP contribution in [0.3, 0.4) is 0 Å². The highest BCUT2D eigenvalue weighted by Crippen LogP contribution is 2.27. The Morgan fingerprint density at radius 1 is 1.05 bits per heavy atom. The summed E-state index contributed by atoms with van der Waals surface area (Å²) in [4.78, 5) is 12.4. The molecule has 118 valence electrons. The van der Waals surface area contributed by atoms with Gasteiger partial charge in [0.15, 0.2) is 0 Å². The quantitative estimate of drug-likeness (QED) is 0.892. The van der Waals surface area contributed by atoms with Crippen LogP contribution in [0.25, 0.3) is 0 Å². The van der Waals surface area contributed by atoms with Crippen LogP contribution in [0.4, 0.5) is 0 Å². The van der Waals surface area contributed by atoms with Crippen molar-refractivity contribution in [1.29, 1.82) is 0 Å². The minimum Gasteiger partial charge on any atom is -0.496 e. The number of nitrogens with one attached hydrogen (secondary N) is 1. The fourth-order valence-electron chi connectivity index (χ4n) is 2.50. The van der Waals surface area contributed by atoms with E-state index in [0.717, 1.165) is 6.54 Å². The highest BCUT2D eigenvalue weighted by molar-refractivity contribution is 5.99. The second-order valence-electron chi connectivity index (χ2n) is 5.06. The van der Waals surface area contributed by atoms with Crippen molar-refractivity contribution in [2.75, 3.05) is 20.8 Å². The molecule has 0 unspecified atom stereocenters. The number of carbonyl (C=O) groups excluding carboxylic acids is 1. The Morgan fingerprint density at radius 3 is 2.09 bits per heavy atom. The van der Waals surface area contributed by atoms with Crippen LogP contribution in [0.2, 0.25) is 0 Å². The van der Waals surface area contributed by atoms with Gasteiger partial charge in [0, 0.05) is 24.5 Å². The van der Waals surface area contributed by atoms with Crippen molar-refractivity contribution in [3.63, 3.8) is 0 Å². The fourth-order valence-corrected chi connectivity index (χ4v) is 2.50. The molecular formula is C17H22N2O3. The van der Waals surface area contributed by atoms with Crippen LogP contribution in [0.1, 0.15) is 21.7 Å². The molecule has 1 N–H and O–H groups in total. The third-order valence-corrected chi connectivity index (χ3v) is 3.69. The van der Waals surface area contributed by atoms with Gasteiger partial charge in [-0.15, -0.1) is 0 Å². The number of hydrogen-bond donors (Lipinski definition) is 1. The summed E-state index contributed by atoms with van der Waals surface area (Å²) in [5.74, 6) is 0.812. The first-order valence-corrected chi connectivity index (χ1v) is 7.20. The van der Waals surface area contributed by atoms with Crippen molar-refractivity contribution < 1.29 is 14.3 Å². The van der Waals surface area contributed by atoms with Gasteiger partial charge < -0.3 is 19.4 Å². The molecule has 0 atom stereocenters. The molecule has 22 heavy (non-hydrogen) atoms. The SMILES string of the molecule is COc1cccc(OC)c1C(=O)NCCn1c(C)ccc1C. The maximum atomic E-state index is 12.4. The number of methoxy groups -OCH3 is 2. The van der Waals surface area contributed by atoms with E-state index in [4.69, 9.17) is 9.47 Å². The summed E-state index contributed by atoms with van der Waals surface area (Å²) < 4.78 is 12.7. The van der Waals surface area contributed by atoms with E-state index in [1.165, 1.54) is 25.6 Å². The molecule has 0 saturated carbocycles. The molecule has 1 amide bonds. The number of amides is 1. The number of nitrogens with zero attached hydrogens (tertiary/aromatic N) is 1. The molecule has 0 aliphatic rings. The van der Waals surface area contributed by atoms with Gasteiger partial charge in [-0.25, -0.2) is 0 Å². The van der Waals surface area contributed by atoms with Gasteiger partial charge in [-0.2, -0.15) is 0 Å². The lowest BCUT2D eigenvalue weighted by molar-refractivity contribution is 0.0946. The number of carbonyl (C=O) groups is 1. The molecule has 0 fully saturated rings. The second-order valence-corrected chi connectivity index (χ2v) is 5.06. The third-order valence-electron chi connectivity index (χ3n) is 3.69. The maximum absolute atomic E-state index is 12.4. The molecule has 0 aliphatic carbocycles. The van der Waals surface area contributed by atoms with Gasteiger partial charge in [0.05, 0.1) is 14.2 Å². The predicted octanol–water partition coefficient (Wildman–Crippen LogP) is 2.55. The van der Waals surface area contributed by atoms with Crippen LogP contribution in [0.15, 0.2) is 30.3 Å². The predicted molar refractivity (Wildman–Crippen MR) is 85.8 cm³/mol. The number of hydrogen-bond acceptors (Lipinski definition) is 3. The van der Waals surface area contributed by atoms with Crippen molar-refractivity contribution in [1.82, 2.24) is 9.88 Å². The van der Waals surface area contributed by atoms with E-state index in [9.17, 15) is 4.79 Å². The van der Waals surface area contributed by atoms with Gasteiger partial charge in [0.2, 0.25) is 0 Å². The van der Waals surface area contributed by atoms with Crippen molar-refractivity contribution in [3.05, 3.63) is 47.3 Å². The molecule has 2 rings (SSSR count). The summed E-state index contributed by atoms with van der Waals surface area (Å²) in [7, 11) is 3.08. The topological polar surface area (TPSA) is 52.5 Å². The molecule has 0 radical (unpaired) electrons. The molecule has 1 heterocycles. The number of rotatable bonds is 6. The molecule has 5 heteroatoms. The average molecular weight is 302 g/mol. The van der Waals surface area contributed by atoms with Gasteiger partial charge in [-0.1, -0.05) is 6.07 Å². The Labute approximate surface area is 130 Å². The minimum absolute atomic E-state index is 0.197. The lowest BCUT2D eigenvalue weighted by atomic mass is 10.1. The molecule has 1 aromatic heterocycles. The third kappa shape index (κ3) is 3.24. The Balaban J connectivity index is 2.07. The lowest BCUT2D eigenvalue weighted by Crippen LogP contribution is -2.28. The van der Waals surface area contributed by atoms with E-state index in [1.54, 1.807) is 18.2 Å². The molecular weight excluding hydrogens is 280 g/mol. The Bertz CT molecular complexity index is 620. The second kappa shape index (κ2) is 7.02. The van der Waals surface area contributed by atoms with Crippen molar-refractivity contribution in [2.45, 2.75) is 20.4 Å². The van der Waals surface area contributed by atoms with E-state index < -0.39 is 0 Å². The van der Waals surface area contributed by atoms with Crippen LogP contribution in [-0.4, -0.2) is 31.2 Å². The van der Waals surface area contributed by atoms with Crippen molar-refractivity contribution in [3.8, 4) is 11.5 Å². The monoisotopic (exact) mass is 302 g/mol. The Kier molecular flexibility index (Phi) is 5.09. The summed E-state index contributed by atoms with van der Waals surface area (Å²) in [6.07, 6.45) is 0. The van der Waals surface area contributed by atoms with Gasteiger partial charge in [0.25, 0.3) is 5.91 Å². The number of aromatic nitrogens is 1. The van der Waals surface area contributed by atoms with E-state index in [2.05, 4.69) is 35.9 Å². The lowest BCUT2D eigenvalue weighted by Gasteiger charge is -2.14. The molecule has 0 bridgehead atoms. The van der Waals surface area contributed by atoms with E-state index in [1.807, 2.05) is 0 Å². The van der Waals surface area contributed by atoms with Crippen LogP contribution in [0, 0.1) is 13.8 Å². The molecule has 0 aliphatic heterocycles. The van der Waals surface area contributed by atoms with Gasteiger partial charge >= 0.3 is 0 Å². The van der Waals surface area contributed by atoms with Crippen LogP contribution in [0.5, 0.6) is 11.5 Å². The summed E-state index contributed by atoms with van der Waals surface area (Å²) in [6.45, 7) is 5.38. The van der Waals surface area contributed by atoms with E-state index >= 15 is 0 Å². The number of aryl methyl sites for hydroxylation is 2. The highest BCUT2D eigenvalue weighted by atomic mass is 16.5. The number of benzene rings is 1. The van der Waals surface area contributed by atoms with Crippen LogP contribution < -0.4 is 14.8 Å².